The molecule has 10 nitrogen and oxygen atoms in total. The molecule has 0 fully saturated rings. The summed E-state index contributed by atoms with van der Waals surface area (Å²) in [6.07, 6.45) is 0. The number of carbonyl (C=O) groups is 1. The van der Waals surface area contributed by atoms with Crippen LogP contribution in [0.4, 0.5) is 25.8 Å². The number of nitro benzene ring substituents is 1. The molecule has 0 spiro atoms. The molecule has 0 unspecified atom stereocenters. The van der Waals surface area contributed by atoms with Gasteiger partial charge in [0.25, 0.3) is 21.6 Å². The first-order chi connectivity index (χ1) is 17.4. The van der Waals surface area contributed by atoms with E-state index in [9.17, 15) is 32.1 Å². The minimum Gasteiger partial charge on any atom is -0.461 e. The molecule has 0 bridgehead atoms. The Bertz CT molecular complexity index is 1450. The van der Waals surface area contributed by atoms with Crippen LogP contribution >= 0.6 is 34.8 Å². The number of sulfonamides is 1. The number of hydrogen-bond donors (Lipinski definition) is 2. The highest BCUT2D eigenvalue weighted by Crippen LogP contribution is 2.41. The van der Waals surface area contributed by atoms with E-state index in [4.69, 9.17) is 44.3 Å². The van der Waals surface area contributed by atoms with Gasteiger partial charge in [0.15, 0.2) is 12.4 Å². The highest BCUT2D eigenvalue weighted by atomic mass is 35.5. The first kappa shape index (κ1) is 28.2. The van der Waals surface area contributed by atoms with Crippen LogP contribution in [0.25, 0.3) is 0 Å². The Kier molecular flexibility index (Phi) is 8.97. The van der Waals surface area contributed by atoms with E-state index in [1.807, 2.05) is 0 Å². The van der Waals surface area contributed by atoms with Crippen molar-refractivity contribution in [1.82, 2.24) is 0 Å². The SMILES string of the molecule is O=C(CF)Nc1cc(NS(=O)(=O)c2cc(Cl)c(Oc3ccc([N+](=O)[O-])cc3Cl)c(Cl)c2)ccc1OCF. The summed E-state index contributed by atoms with van der Waals surface area (Å²) in [6, 6.07) is 8.92. The van der Waals surface area contributed by atoms with E-state index in [1.165, 1.54) is 12.1 Å². The van der Waals surface area contributed by atoms with Crippen LogP contribution < -0.4 is 19.5 Å². The molecule has 37 heavy (non-hydrogen) atoms. The monoisotopic (exact) mass is 595 g/mol. The quantitative estimate of drug-likeness (QED) is 0.205. The summed E-state index contributed by atoms with van der Waals surface area (Å²) in [4.78, 5) is 21.2. The molecular weight excluding hydrogens is 583 g/mol. The van der Waals surface area contributed by atoms with Crippen LogP contribution in [0, 0.1) is 10.1 Å². The van der Waals surface area contributed by atoms with E-state index in [-0.39, 0.29) is 54.3 Å². The zero-order valence-electron chi connectivity index (χ0n) is 18.1. The fraction of sp³-hybridized carbons (Fsp3) is 0.0952. The molecule has 2 N–H and O–H groups in total. The summed E-state index contributed by atoms with van der Waals surface area (Å²) >= 11 is 18.4. The zero-order chi connectivity index (χ0) is 27.3. The van der Waals surface area contributed by atoms with Gasteiger partial charge in [-0.2, -0.15) is 0 Å². The third kappa shape index (κ3) is 6.89. The molecule has 0 aromatic heterocycles. The van der Waals surface area contributed by atoms with Gasteiger partial charge in [-0.25, -0.2) is 17.2 Å². The maximum atomic E-state index is 12.9. The summed E-state index contributed by atoms with van der Waals surface area (Å²) in [7, 11) is -4.32. The number of benzene rings is 3. The average molecular weight is 597 g/mol. The Morgan fingerprint density at radius 3 is 2.19 bits per heavy atom. The van der Waals surface area contributed by atoms with Gasteiger partial charge >= 0.3 is 0 Å². The van der Waals surface area contributed by atoms with Crippen molar-refractivity contribution >= 4 is 67.8 Å². The second kappa shape index (κ2) is 11.8. The van der Waals surface area contributed by atoms with E-state index in [0.29, 0.717) is 0 Å². The lowest BCUT2D eigenvalue weighted by Crippen LogP contribution is -2.16. The van der Waals surface area contributed by atoms with Crippen molar-refractivity contribution in [3.05, 3.63) is 73.7 Å². The van der Waals surface area contributed by atoms with E-state index in [2.05, 4.69) is 10.0 Å². The molecule has 0 radical (unpaired) electrons. The molecule has 0 aliphatic carbocycles. The molecule has 0 saturated carbocycles. The lowest BCUT2D eigenvalue weighted by molar-refractivity contribution is -0.384. The third-order valence-electron chi connectivity index (χ3n) is 4.46. The molecule has 3 aromatic rings. The van der Waals surface area contributed by atoms with Crippen molar-refractivity contribution in [3.63, 3.8) is 0 Å². The van der Waals surface area contributed by atoms with E-state index in [0.717, 1.165) is 36.4 Å². The number of carbonyl (C=O) groups excluding carboxylic acids is 1. The van der Waals surface area contributed by atoms with Gasteiger partial charge in [-0.1, -0.05) is 34.8 Å². The lowest BCUT2D eigenvalue weighted by atomic mass is 10.2. The van der Waals surface area contributed by atoms with Crippen molar-refractivity contribution in [1.29, 1.82) is 0 Å². The maximum Gasteiger partial charge on any atom is 0.271 e. The molecule has 16 heteroatoms. The second-order valence-corrected chi connectivity index (χ2v) is 9.85. The van der Waals surface area contributed by atoms with Crippen molar-refractivity contribution in [2.45, 2.75) is 4.90 Å². The van der Waals surface area contributed by atoms with Gasteiger partial charge in [-0.15, -0.1) is 0 Å². The first-order valence-electron chi connectivity index (χ1n) is 9.77. The molecule has 0 heterocycles. The number of hydrogen-bond acceptors (Lipinski definition) is 7. The molecule has 196 valence electrons. The number of halogens is 5. The number of nitrogens with zero attached hydrogens (tertiary/aromatic N) is 1. The number of ether oxygens (including phenoxy) is 2. The number of nitrogens with one attached hydrogen (secondary N) is 2. The van der Waals surface area contributed by atoms with Gasteiger partial charge in [0.1, 0.15) is 11.5 Å². The van der Waals surface area contributed by atoms with Crippen LogP contribution in [0.15, 0.2) is 53.4 Å². The molecular formula is C21H14Cl3F2N3O7S. The van der Waals surface area contributed by atoms with Crippen molar-refractivity contribution in [3.8, 4) is 17.2 Å². The maximum absolute atomic E-state index is 12.9. The standard InChI is InChI=1S/C21H14Cl3F2N3O7S/c22-14-6-12(29(31)32)2-4-18(14)36-21-15(23)7-13(8-16(21)24)37(33,34)28-11-1-3-19(35-10-26)17(5-11)27-20(30)9-25/h1-8,28H,9-10H2,(H,27,30). The molecule has 3 aromatic carbocycles. The third-order valence-corrected chi connectivity index (χ3v) is 6.68. The van der Waals surface area contributed by atoms with Gasteiger partial charge in [0.2, 0.25) is 6.86 Å². The van der Waals surface area contributed by atoms with Crippen LogP contribution in [0.1, 0.15) is 0 Å². The zero-order valence-corrected chi connectivity index (χ0v) is 21.2. The average Bonchev–Trinajstić information content (AvgIpc) is 2.83. The fourth-order valence-corrected chi connectivity index (χ4v) is 4.87. The predicted molar refractivity (Wildman–Crippen MR) is 133 cm³/mol. The van der Waals surface area contributed by atoms with Crippen LogP contribution in [0.5, 0.6) is 17.2 Å². The minimum atomic E-state index is -4.32. The molecule has 0 atom stereocenters. The Morgan fingerprint density at radius 1 is 0.973 bits per heavy atom. The van der Waals surface area contributed by atoms with Crippen LogP contribution in [0.3, 0.4) is 0 Å². The van der Waals surface area contributed by atoms with E-state index in [1.54, 1.807) is 0 Å². The number of anilines is 2. The normalized spacial score (nSPS) is 11.1. The first-order valence-corrected chi connectivity index (χ1v) is 12.4. The van der Waals surface area contributed by atoms with Crippen molar-refractivity contribution in [2.24, 2.45) is 0 Å². The number of alkyl halides is 2. The number of rotatable bonds is 10. The second-order valence-electron chi connectivity index (χ2n) is 6.94. The summed E-state index contributed by atoms with van der Waals surface area (Å²) in [5, 5.41) is 12.4. The Labute approximate surface area is 223 Å². The number of amides is 1. The van der Waals surface area contributed by atoms with Gasteiger partial charge < -0.3 is 14.8 Å². The predicted octanol–water partition coefficient (Wildman–Crippen LogP) is 6.36. The summed E-state index contributed by atoms with van der Waals surface area (Å²) in [6.45, 7) is -2.62. The molecule has 3 rings (SSSR count). The fourth-order valence-electron chi connectivity index (χ4n) is 2.86. The lowest BCUT2D eigenvalue weighted by Gasteiger charge is -2.15. The Morgan fingerprint density at radius 2 is 1.62 bits per heavy atom. The molecule has 0 aliphatic heterocycles. The van der Waals surface area contributed by atoms with Crippen LogP contribution in [-0.4, -0.2) is 32.8 Å². The van der Waals surface area contributed by atoms with Crippen LogP contribution in [0.2, 0.25) is 15.1 Å². The topological polar surface area (TPSA) is 137 Å². The number of non-ortho nitro benzene ring substituents is 1. The van der Waals surface area contributed by atoms with E-state index < -0.39 is 34.4 Å². The van der Waals surface area contributed by atoms with Crippen molar-refractivity contribution < 1.29 is 36.4 Å². The summed E-state index contributed by atoms with van der Waals surface area (Å²) < 4.78 is 63.5. The summed E-state index contributed by atoms with van der Waals surface area (Å²) in [5.74, 6) is -1.42. The highest BCUT2D eigenvalue weighted by Gasteiger charge is 2.22. The minimum absolute atomic E-state index is 0.0248. The molecule has 0 saturated heterocycles. The Hall–Kier alpha value is -3.39. The van der Waals surface area contributed by atoms with Crippen molar-refractivity contribution in [2.75, 3.05) is 23.6 Å². The number of nitro groups is 1. The van der Waals surface area contributed by atoms with E-state index >= 15 is 0 Å². The van der Waals surface area contributed by atoms with Gasteiger partial charge in [0, 0.05) is 12.1 Å². The molecule has 1 amide bonds. The smallest absolute Gasteiger partial charge is 0.271 e. The van der Waals surface area contributed by atoms with Gasteiger partial charge in [0.05, 0.1) is 36.3 Å². The largest absolute Gasteiger partial charge is 0.461 e. The summed E-state index contributed by atoms with van der Waals surface area (Å²) in [5.41, 5.74) is -0.551. The highest BCUT2D eigenvalue weighted by molar-refractivity contribution is 7.92. The van der Waals surface area contributed by atoms with Gasteiger partial charge in [-0.3, -0.25) is 19.6 Å². The van der Waals surface area contributed by atoms with Gasteiger partial charge in [-0.05, 0) is 36.4 Å². The van der Waals surface area contributed by atoms with Crippen LogP contribution in [-0.2, 0) is 14.8 Å². The Balaban J connectivity index is 1.89. The molecule has 0 aliphatic rings.